The summed E-state index contributed by atoms with van der Waals surface area (Å²) in [6, 6.07) is 26.4. The molecule has 4 nitrogen and oxygen atoms in total. The molecule has 1 saturated heterocycles. The molecule has 0 aromatic heterocycles. The number of benzene rings is 3. The summed E-state index contributed by atoms with van der Waals surface area (Å²) in [6.07, 6.45) is 0. The summed E-state index contributed by atoms with van der Waals surface area (Å²) < 4.78 is 0. The standard InChI is InChI=1S/C24H22N2O2/c27-23(18-10-5-2-6-11-18)19-12-7-13-20(14-19)26-24(28)22-16-25-15-21(22)17-8-3-1-4-9-17/h1-14,21-22,25H,15-16H2,(H,26,28)/t21-,22+/m0/s1. The zero-order chi connectivity index (χ0) is 19.3. The molecule has 1 heterocycles. The van der Waals surface area contributed by atoms with Crippen molar-refractivity contribution in [3.8, 4) is 0 Å². The van der Waals surface area contributed by atoms with Gasteiger partial charge in [0.2, 0.25) is 5.91 Å². The Hall–Kier alpha value is -3.24. The molecule has 0 spiro atoms. The Labute approximate surface area is 164 Å². The molecule has 1 aliphatic rings. The van der Waals surface area contributed by atoms with E-state index in [2.05, 4.69) is 22.8 Å². The lowest BCUT2D eigenvalue weighted by atomic mass is 9.88. The van der Waals surface area contributed by atoms with Gasteiger partial charge in [-0.3, -0.25) is 9.59 Å². The van der Waals surface area contributed by atoms with E-state index < -0.39 is 0 Å². The zero-order valence-corrected chi connectivity index (χ0v) is 15.5. The average molecular weight is 370 g/mol. The van der Waals surface area contributed by atoms with E-state index in [1.54, 1.807) is 30.3 Å². The van der Waals surface area contributed by atoms with Crippen molar-refractivity contribution >= 4 is 17.4 Å². The maximum Gasteiger partial charge on any atom is 0.229 e. The Bertz CT molecular complexity index is 970. The first-order valence-electron chi connectivity index (χ1n) is 9.49. The third-order valence-electron chi connectivity index (χ3n) is 5.21. The van der Waals surface area contributed by atoms with Gasteiger partial charge in [0.05, 0.1) is 5.92 Å². The van der Waals surface area contributed by atoms with E-state index in [1.165, 1.54) is 5.56 Å². The van der Waals surface area contributed by atoms with Crippen LogP contribution in [0.5, 0.6) is 0 Å². The zero-order valence-electron chi connectivity index (χ0n) is 15.5. The van der Waals surface area contributed by atoms with E-state index in [4.69, 9.17) is 0 Å². The van der Waals surface area contributed by atoms with Crippen LogP contribution < -0.4 is 10.6 Å². The lowest BCUT2D eigenvalue weighted by Gasteiger charge is -2.18. The largest absolute Gasteiger partial charge is 0.326 e. The molecule has 0 aliphatic carbocycles. The van der Waals surface area contributed by atoms with Gasteiger partial charge < -0.3 is 10.6 Å². The lowest BCUT2D eigenvalue weighted by Crippen LogP contribution is -2.28. The molecule has 3 aromatic carbocycles. The van der Waals surface area contributed by atoms with E-state index in [-0.39, 0.29) is 23.5 Å². The average Bonchev–Trinajstić information content (AvgIpc) is 3.25. The Morgan fingerprint density at radius 2 is 1.46 bits per heavy atom. The van der Waals surface area contributed by atoms with Crippen molar-refractivity contribution in [1.82, 2.24) is 5.32 Å². The van der Waals surface area contributed by atoms with Crippen molar-refractivity contribution in [2.24, 2.45) is 5.92 Å². The number of rotatable bonds is 5. The first kappa shape index (κ1) is 18.1. The van der Waals surface area contributed by atoms with Crippen molar-refractivity contribution < 1.29 is 9.59 Å². The van der Waals surface area contributed by atoms with Gasteiger partial charge >= 0.3 is 0 Å². The van der Waals surface area contributed by atoms with Crippen LogP contribution in [-0.4, -0.2) is 24.8 Å². The number of nitrogens with one attached hydrogen (secondary N) is 2. The van der Waals surface area contributed by atoms with Gasteiger partial charge in [0, 0.05) is 35.8 Å². The number of ketones is 1. The van der Waals surface area contributed by atoms with Gasteiger partial charge in [0.1, 0.15) is 0 Å². The molecule has 0 radical (unpaired) electrons. The Balaban J connectivity index is 1.50. The van der Waals surface area contributed by atoms with Crippen molar-refractivity contribution in [3.05, 3.63) is 102 Å². The van der Waals surface area contributed by atoms with Crippen molar-refractivity contribution in [2.75, 3.05) is 18.4 Å². The van der Waals surface area contributed by atoms with Crippen LogP contribution in [0, 0.1) is 5.92 Å². The van der Waals surface area contributed by atoms with Gasteiger partial charge in [-0.2, -0.15) is 0 Å². The molecule has 3 aromatic rings. The van der Waals surface area contributed by atoms with Crippen LogP contribution in [0.15, 0.2) is 84.9 Å². The van der Waals surface area contributed by atoms with Gasteiger partial charge in [-0.05, 0) is 17.7 Å². The molecule has 0 unspecified atom stereocenters. The Morgan fingerprint density at radius 1 is 0.786 bits per heavy atom. The first-order chi connectivity index (χ1) is 13.7. The maximum absolute atomic E-state index is 12.9. The molecule has 0 bridgehead atoms. The second-order valence-corrected chi connectivity index (χ2v) is 7.05. The fourth-order valence-corrected chi connectivity index (χ4v) is 3.73. The molecule has 1 fully saturated rings. The Kier molecular flexibility index (Phi) is 5.31. The quantitative estimate of drug-likeness (QED) is 0.671. The molecular weight excluding hydrogens is 348 g/mol. The van der Waals surface area contributed by atoms with E-state index in [0.717, 1.165) is 6.54 Å². The maximum atomic E-state index is 12.9. The SMILES string of the molecule is O=C(c1ccccc1)c1cccc(NC(=O)[C@@H]2CNC[C@H]2c2ccccc2)c1. The number of anilines is 1. The molecule has 2 N–H and O–H groups in total. The topological polar surface area (TPSA) is 58.2 Å². The van der Waals surface area contributed by atoms with Gasteiger partial charge in [0.15, 0.2) is 5.78 Å². The first-order valence-corrected chi connectivity index (χ1v) is 9.49. The fraction of sp³-hybridized carbons (Fsp3) is 0.167. The molecule has 1 amide bonds. The van der Waals surface area contributed by atoms with Crippen LogP contribution in [0.4, 0.5) is 5.69 Å². The van der Waals surface area contributed by atoms with Crippen LogP contribution in [-0.2, 0) is 4.79 Å². The summed E-state index contributed by atoms with van der Waals surface area (Å²) >= 11 is 0. The summed E-state index contributed by atoms with van der Waals surface area (Å²) in [5, 5.41) is 6.32. The third kappa shape index (κ3) is 3.87. The monoisotopic (exact) mass is 370 g/mol. The fourth-order valence-electron chi connectivity index (χ4n) is 3.73. The summed E-state index contributed by atoms with van der Waals surface area (Å²) in [4.78, 5) is 25.6. The summed E-state index contributed by atoms with van der Waals surface area (Å²) in [7, 11) is 0. The second-order valence-electron chi connectivity index (χ2n) is 7.05. The predicted octanol–water partition coefficient (Wildman–Crippen LogP) is 3.86. The number of carbonyl (C=O) groups is 2. The molecule has 28 heavy (non-hydrogen) atoms. The Morgan fingerprint density at radius 3 is 2.21 bits per heavy atom. The van der Waals surface area contributed by atoms with Crippen molar-refractivity contribution in [2.45, 2.75) is 5.92 Å². The van der Waals surface area contributed by atoms with Crippen molar-refractivity contribution in [3.63, 3.8) is 0 Å². The van der Waals surface area contributed by atoms with E-state index >= 15 is 0 Å². The molecule has 1 aliphatic heterocycles. The predicted molar refractivity (Wildman–Crippen MR) is 110 cm³/mol. The van der Waals surface area contributed by atoms with Crippen molar-refractivity contribution in [1.29, 1.82) is 0 Å². The minimum atomic E-state index is -0.143. The van der Waals surface area contributed by atoms with Gasteiger partial charge in [0.25, 0.3) is 0 Å². The van der Waals surface area contributed by atoms with Crippen LogP contribution in [0.25, 0.3) is 0 Å². The molecule has 4 heteroatoms. The lowest BCUT2D eigenvalue weighted by molar-refractivity contribution is -0.119. The van der Waals surface area contributed by atoms with E-state index in [0.29, 0.717) is 23.4 Å². The van der Waals surface area contributed by atoms with Crippen LogP contribution >= 0.6 is 0 Å². The summed E-state index contributed by atoms with van der Waals surface area (Å²) in [5.41, 5.74) is 3.01. The highest BCUT2D eigenvalue weighted by atomic mass is 16.2. The van der Waals surface area contributed by atoms with Gasteiger partial charge in [-0.25, -0.2) is 0 Å². The van der Waals surface area contributed by atoms with E-state index in [1.807, 2.05) is 42.5 Å². The summed E-state index contributed by atoms with van der Waals surface area (Å²) in [5.74, 6) is -0.0734. The third-order valence-corrected chi connectivity index (χ3v) is 5.21. The highest BCUT2D eigenvalue weighted by Gasteiger charge is 2.33. The highest BCUT2D eigenvalue weighted by molar-refractivity contribution is 6.09. The normalized spacial score (nSPS) is 18.6. The second kappa shape index (κ2) is 8.19. The minimum absolute atomic E-state index is 0.0248. The number of carbonyl (C=O) groups excluding carboxylic acids is 2. The van der Waals surface area contributed by atoms with Crippen LogP contribution in [0.1, 0.15) is 27.4 Å². The van der Waals surface area contributed by atoms with Gasteiger partial charge in [-0.15, -0.1) is 0 Å². The molecule has 4 rings (SSSR count). The smallest absolute Gasteiger partial charge is 0.229 e. The van der Waals surface area contributed by atoms with Crippen LogP contribution in [0.2, 0.25) is 0 Å². The van der Waals surface area contributed by atoms with E-state index in [9.17, 15) is 9.59 Å². The number of hydrogen-bond acceptors (Lipinski definition) is 3. The molecule has 140 valence electrons. The molecule has 0 saturated carbocycles. The molecular formula is C24H22N2O2. The molecule has 2 atom stereocenters. The van der Waals surface area contributed by atoms with Crippen LogP contribution in [0.3, 0.4) is 0 Å². The number of amides is 1. The van der Waals surface area contributed by atoms with Gasteiger partial charge in [-0.1, -0.05) is 72.8 Å². The highest BCUT2D eigenvalue weighted by Crippen LogP contribution is 2.29. The number of hydrogen-bond donors (Lipinski definition) is 2. The minimum Gasteiger partial charge on any atom is -0.326 e. The summed E-state index contributed by atoms with van der Waals surface area (Å²) in [6.45, 7) is 1.43.